The number of hydrogen-bond acceptors (Lipinski definition) is 3. The summed E-state index contributed by atoms with van der Waals surface area (Å²) in [5.74, 6) is -0.261. The Hall–Kier alpha value is -1.26. The van der Waals surface area contributed by atoms with Crippen molar-refractivity contribution in [3.8, 4) is 0 Å². The highest BCUT2D eigenvalue weighted by atomic mass is 16.5. The van der Waals surface area contributed by atoms with Crippen molar-refractivity contribution in [3.63, 3.8) is 0 Å². The Bertz CT molecular complexity index is 333. The van der Waals surface area contributed by atoms with Crippen molar-refractivity contribution in [2.45, 2.75) is 26.3 Å². The molecule has 1 heterocycles. The molecule has 0 saturated heterocycles. The van der Waals surface area contributed by atoms with E-state index in [9.17, 15) is 4.79 Å². The second-order valence-electron chi connectivity index (χ2n) is 3.74. The summed E-state index contributed by atoms with van der Waals surface area (Å²) in [6.07, 6.45) is 3.55. The molecule has 1 rings (SSSR count). The first-order chi connectivity index (χ1) is 6.48. The summed E-state index contributed by atoms with van der Waals surface area (Å²) in [5.41, 5.74) is 0.298. The molecule has 0 spiro atoms. The Morgan fingerprint density at radius 2 is 2.36 bits per heavy atom. The van der Waals surface area contributed by atoms with Crippen LogP contribution >= 0.6 is 0 Å². The molecule has 0 bridgehead atoms. The number of esters is 1. The standard InChI is InChI=1S/C9H15BN2O2/c1-4-14-8(13)9(2,3)12-6-7(10)5-11-12/h5-6H,4,10H2,1-3H3. The summed E-state index contributed by atoms with van der Waals surface area (Å²) in [4.78, 5) is 11.6. The Labute approximate surface area is 84.7 Å². The van der Waals surface area contributed by atoms with Crippen molar-refractivity contribution in [2.75, 3.05) is 6.61 Å². The van der Waals surface area contributed by atoms with Crippen LogP contribution < -0.4 is 5.46 Å². The molecule has 0 unspecified atom stereocenters. The maximum Gasteiger partial charge on any atom is 0.333 e. The highest BCUT2D eigenvalue weighted by molar-refractivity contribution is 6.31. The molecule has 14 heavy (non-hydrogen) atoms. The van der Waals surface area contributed by atoms with Gasteiger partial charge in [-0.2, -0.15) is 5.10 Å². The van der Waals surface area contributed by atoms with Gasteiger partial charge >= 0.3 is 5.97 Å². The summed E-state index contributed by atoms with van der Waals surface area (Å²) in [5, 5.41) is 4.11. The molecule has 1 aromatic rings. The molecule has 0 saturated carbocycles. The lowest BCUT2D eigenvalue weighted by atomic mass is 10.0. The van der Waals surface area contributed by atoms with Crippen molar-refractivity contribution in [3.05, 3.63) is 12.4 Å². The number of carbonyl (C=O) groups excluding carboxylic acids is 1. The fourth-order valence-electron chi connectivity index (χ4n) is 1.12. The number of hydrogen-bond donors (Lipinski definition) is 0. The van der Waals surface area contributed by atoms with E-state index in [2.05, 4.69) is 5.10 Å². The lowest BCUT2D eigenvalue weighted by molar-refractivity contribution is -0.152. The van der Waals surface area contributed by atoms with Crippen molar-refractivity contribution >= 4 is 19.3 Å². The fraction of sp³-hybridized carbons (Fsp3) is 0.556. The molecule has 4 nitrogen and oxygen atoms in total. The largest absolute Gasteiger partial charge is 0.464 e. The zero-order valence-corrected chi connectivity index (χ0v) is 9.07. The van der Waals surface area contributed by atoms with Crippen molar-refractivity contribution < 1.29 is 9.53 Å². The lowest BCUT2D eigenvalue weighted by Crippen LogP contribution is -2.38. The normalized spacial score (nSPS) is 11.4. The third-order valence-corrected chi connectivity index (χ3v) is 2.06. The molecule has 0 aliphatic heterocycles. The van der Waals surface area contributed by atoms with E-state index in [1.54, 1.807) is 31.6 Å². The molecule has 0 atom stereocenters. The Balaban J connectivity index is 2.89. The molecule has 0 fully saturated rings. The van der Waals surface area contributed by atoms with Crippen LogP contribution in [0.1, 0.15) is 20.8 Å². The minimum absolute atomic E-state index is 0.261. The first-order valence-electron chi connectivity index (χ1n) is 4.67. The maximum atomic E-state index is 11.6. The van der Waals surface area contributed by atoms with Crippen LogP contribution in [0.3, 0.4) is 0 Å². The molecule has 0 N–H and O–H groups in total. The second-order valence-corrected chi connectivity index (χ2v) is 3.74. The second kappa shape index (κ2) is 3.86. The van der Waals surface area contributed by atoms with Gasteiger partial charge in [0.25, 0.3) is 0 Å². The van der Waals surface area contributed by atoms with Crippen molar-refractivity contribution in [1.29, 1.82) is 0 Å². The third kappa shape index (κ3) is 1.97. The third-order valence-electron chi connectivity index (χ3n) is 2.06. The summed E-state index contributed by atoms with van der Waals surface area (Å²) < 4.78 is 6.60. The molecule has 0 amide bonds. The zero-order valence-electron chi connectivity index (χ0n) is 9.07. The number of aromatic nitrogens is 2. The number of ether oxygens (including phenoxy) is 1. The smallest absolute Gasteiger partial charge is 0.333 e. The van der Waals surface area contributed by atoms with Crippen LogP contribution in [0.2, 0.25) is 0 Å². The lowest BCUT2D eigenvalue weighted by Gasteiger charge is -2.22. The van der Waals surface area contributed by atoms with Crippen LogP contribution in [0.15, 0.2) is 12.4 Å². The summed E-state index contributed by atoms with van der Waals surface area (Å²) in [6, 6.07) is 0. The minimum Gasteiger partial charge on any atom is -0.464 e. The van der Waals surface area contributed by atoms with Gasteiger partial charge in [-0.15, -0.1) is 0 Å². The SMILES string of the molecule is Bc1cnn(C(C)(C)C(=O)OCC)c1. The molecule has 5 heteroatoms. The van der Waals surface area contributed by atoms with Crippen molar-refractivity contribution in [1.82, 2.24) is 9.78 Å². The Kier molecular flexibility index (Phi) is 2.98. The molecule has 0 aromatic carbocycles. The van der Waals surface area contributed by atoms with E-state index >= 15 is 0 Å². The highest BCUT2D eigenvalue weighted by Crippen LogP contribution is 2.14. The molecule has 1 aromatic heterocycles. The summed E-state index contributed by atoms with van der Waals surface area (Å²) in [7, 11) is 1.94. The van der Waals surface area contributed by atoms with Gasteiger partial charge in [-0.25, -0.2) is 4.79 Å². The van der Waals surface area contributed by atoms with E-state index in [1.165, 1.54) is 0 Å². The maximum absolute atomic E-state index is 11.6. The Morgan fingerprint density at radius 3 is 2.79 bits per heavy atom. The Morgan fingerprint density at radius 1 is 1.71 bits per heavy atom. The van der Waals surface area contributed by atoms with E-state index in [0.717, 1.165) is 5.46 Å². The minimum atomic E-state index is -0.732. The van der Waals surface area contributed by atoms with E-state index in [0.29, 0.717) is 6.61 Å². The van der Waals surface area contributed by atoms with Crippen LogP contribution in [0.4, 0.5) is 0 Å². The first-order valence-corrected chi connectivity index (χ1v) is 4.67. The van der Waals surface area contributed by atoms with Gasteiger partial charge < -0.3 is 4.74 Å². The number of nitrogens with zero attached hydrogens (tertiary/aromatic N) is 2. The molecule has 0 radical (unpaired) electrons. The average molecular weight is 194 g/mol. The zero-order chi connectivity index (χ0) is 10.8. The van der Waals surface area contributed by atoms with Crippen LogP contribution in [0.5, 0.6) is 0 Å². The summed E-state index contributed by atoms with van der Waals surface area (Å²) in [6.45, 7) is 5.76. The van der Waals surface area contributed by atoms with Gasteiger partial charge in [-0.1, -0.05) is 5.46 Å². The highest BCUT2D eigenvalue weighted by Gasteiger charge is 2.31. The van der Waals surface area contributed by atoms with Crippen molar-refractivity contribution in [2.24, 2.45) is 0 Å². The predicted molar refractivity (Wildman–Crippen MR) is 56.4 cm³/mol. The van der Waals surface area contributed by atoms with Gasteiger partial charge in [-0.05, 0) is 20.8 Å². The molecule has 0 aliphatic carbocycles. The molecule has 76 valence electrons. The first kappa shape index (κ1) is 10.8. The number of rotatable bonds is 3. The van der Waals surface area contributed by atoms with Crippen LogP contribution in [0, 0.1) is 0 Å². The fourth-order valence-corrected chi connectivity index (χ4v) is 1.12. The van der Waals surface area contributed by atoms with E-state index in [4.69, 9.17) is 4.74 Å². The van der Waals surface area contributed by atoms with Gasteiger partial charge in [0, 0.05) is 12.4 Å². The van der Waals surface area contributed by atoms with Crippen LogP contribution in [-0.4, -0.2) is 30.2 Å². The van der Waals surface area contributed by atoms with Crippen LogP contribution in [-0.2, 0) is 15.1 Å². The monoisotopic (exact) mass is 194 g/mol. The topological polar surface area (TPSA) is 44.1 Å². The van der Waals surface area contributed by atoms with Crippen LogP contribution in [0.25, 0.3) is 0 Å². The predicted octanol–water partition coefficient (Wildman–Crippen LogP) is -0.560. The average Bonchev–Trinajstić information content (AvgIpc) is 2.52. The quantitative estimate of drug-likeness (QED) is 0.478. The van der Waals surface area contributed by atoms with E-state index < -0.39 is 5.54 Å². The molecular formula is C9H15BN2O2. The van der Waals surface area contributed by atoms with Gasteiger partial charge in [0.15, 0.2) is 5.54 Å². The van der Waals surface area contributed by atoms with Gasteiger partial charge in [0.05, 0.1) is 6.61 Å². The van der Waals surface area contributed by atoms with E-state index in [1.807, 2.05) is 14.0 Å². The van der Waals surface area contributed by atoms with Gasteiger partial charge in [0.1, 0.15) is 7.85 Å². The van der Waals surface area contributed by atoms with Gasteiger partial charge in [0.2, 0.25) is 0 Å². The number of carbonyl (C=O) groups is 1. The molecular weight excluding hydrogens is 179 g/mol. The van der Waals surface area contributed by atoms with E-state index in [-0.39, 0.29) is 5.97 Å². The van der Waals surface area contributed by atoms with Gasteiger partial charge in [-0.3, -0.25) is 4.68 Å². The molecule has 0 aliphatic rings. The summed E-state index contributed by atoms with van der Waals surface area (Å²) >= 11 is 0.